The summed E-state index contributed by atoms with van der Waals surface area (Å²) in [5, 5.41) is 2.72. The molecule has 0 radical (unpaired) electrons. The molecule has 20 heavy (non-hydrogen) atoms. The highest BCUT2D eigenvalue weighted by Gasteiger charge is 2.02. The predicted molar refractivity (Wildman–Crippen MR) is 75.5 cm³/mol. The molecule has 1 aromatic carbocycles. The zero-order chi connectivity index (χ0) is 14.8. The number of hydrogen-bond acceptors (Lipinski definition) is 5. The van der Waals surface area contributed by atoms with Gasteiger partial charge in [-0.1, -0.05) is 0 Å². The van der Waals surface area contributed by atoms with Gasteiger partial charge in [-0.3, -0.25) is 9.59 Å². The maximum atomic E-state index is 11.3. The number of benzene rings is 1. The summed E-state index contributed by atoms with van der Waals surface area (Å²) < 4.78 is 10.00. The SMILES string of the molecule is COC(=O)CCCOc1ccc(NC(=O)CCN)cc1. The number of hydrogen-bond donors (Lipinski definition) is 2. The number of rotatable bonds is 8. The summed E-state index contributed by atoms with van der Waals surface area (Å²) in [4.78, 5) is 22.2. The van der Waals surface area contributed by atoms with Crippen molar-refractivity contribution in [3.63, 3.8) is 0 Å². The van der Waals surface area contributed by atoms with Crippen LogP contribution in [0, 0.1) is 0 Å². The van der Waals surface area contributed by atoms with Gasteiger partial charge in [0.2, 0.25) is 5.91 Å². The standard InChI is InChI=1S/C14H20N2O4/c1-19-14(18)3-2-10-20-12-6-4-11(5-7-12)16-13(17)8-9-15/h4-7H,2-3,8-10,15H2,1H3,(H,16,17). The molecule has 0 bridgehead atoms. The molecule has 0 spiro atoms. The lowest BCUT2D eigenvalue weighted by atomic mass is 10.3. The first-order chi connectivity index (χ1) is 9.65. The molecular weight excluding hydrogens is 260 g/mol. The number of methoxy groups -OCH3 is 1. The van der Waals surface area contributed by atoms with Gasteiger partial charge in [-0.15, -0.1) is 0 Å². The van der Waals surface area contributed by atoms with E-state index in [0.29, 0.717) is 43.9 Å². The van der Waals surface area contributed by atoms with Crippen LogP contribution in [0.2, 0.25) is 0 Å². The van der Waals surface area contributed by atoms with Gasteiger partial charge in [0.25, 0.3) is 0 Å². The van der Waals surface area contributed by atoms with E-state index in [1.807, 2.05) is 0 Å². The summed E-state index contributed by atoms with van der Waals surface area (Å²) in [5.41, 5.74) is 5.99. The van der Waals surface area contributed by atoms with Crippen LogP contribution in [0.5, 0.6) is 5.75 Å². The van der Waals surface area contributed by atoms with E-state index in [9.17, 15) is 9.59 Å². The molecule has 0 aliphatic heterocycles. The largest absolute Gasteiger partial charge is 0.494 e. The second-order valence-electron chi connectivity index (χ2n) is 4.14. The van der Waals surface area contributed by atoms with Crippen molar-refractivity contribution in [3.05, 3.63) is 24.3 Å². The minimum atomic E-state index is -0.244. The fourth-order valence-corrected chi connectivity index (χ4v) is 1.50. The Labute approximate surface area is 118 Å². The fraction of sp³-hybridized carbons (Fsp3) is 0.429. The third-order valence-electron chi connectivity index (χ3n) is 2.53. The first-order valence-electron chi connectivity index (χ1n) is 6.45. The molecule has 0 unspecified atom stereocenters. The molecule has 6 heteroatoms. The molecule has 0 saturated heterocycles. The average Bonchev–Trinajstić information content (AvgIpc) is 2.45. The third kappa shape index (κ3) is 6.19. The van der Waals surface area contributed by atoms with Crippen LogP contribution in [0.15, 0.2) is 24.3 Å². The summed E-state index contributed by atoms with van der Waals surface area (Å²) in [6.45, 7) is 0.765. The van der Waals surface area contributed by atoms with E-state index in [2.05, 4.69) is 10.1 Å². The summed E-state index contributed by atoms with van der Waals surface area (Å²) in [5.74, 6) is 0.331. The van der Waals surface area contributed by atoms with Crippen LogP contribution in [-0.2, 0) is 14.3 Å². The second kappa shape index (κ2) is 8.92. The highest BCUT2D eigenvalue weighted by Crippen LogP contribution is 2.16. The van der Waals surface area contributed by atoms with E-state index >= 15 is 0 Å². The first-order valence-corrected chi connectivity index (χ1v) is 6.45. The fourth-order valence-electron chi connectivity index (χ4n) is 1.50. The van der Waals surface area contributed by atoms with Crippen LogP contribution in [0.4, 0.5) is 5.69 Å². The average molecular weight is 280 g/mol. The quantitative estimate of drug-likeness (QED) is 0.553. The van der Waals surface area contributed by atoms with E-state index < -0.39 is 0 Å². The van der Waals surface area contributed by atoms with E-state index in [1.54, 1.807) is 24.3 Å². The minimum absolute atomic E-state index is 0.112. The number of carbonyl (C=O) groups excluding carboxylic acids is 2. The van der Waals surface area contributed by atoms with E-state index in [4.69, 9.17) is 10.5 Å². The maximum absolute atomic E-state index is 11.3. The second-order valence-corrected chi connectivity index (χ2v) is 4.14. The van der Waals surface area contributed by atoms with Crippen LogP contribution >= 0.6 is 0 Å². The lowest BCUT2D eigenvalue weighted by molar-refractivity contribution is -0.140. The van der Waals surface area contributed by atoms with Crippen LogP contribution in [0.25, 0.3) is 0 Å². The molecule has 0 saturated carbocycles. The van der Waals surface area contributed by atoms with E-state index in [1.165, 1.54) is 7.11 Å². The van der Waals surface area contributed by atoms with Gasteiger partial charge in [0, 0.05) is 25.1 Å². The van der Waals surface area contributed by atoms with E-state index in [0.717, 1.165) is 0 Å². The van der Waals surface area contributed by atoms with Crippen molar-refractivity contribution in [2.45, 2.75) is 19.3 Å². The molecule has 0 aliphatic carbocycles. The van der Waals surface area contributed by atoms with Gasteiger partial charge in [0.15, 0.2) is 0 Å². The van der Waals surface area contributed by atoms with Gasteiger partial charge in [-0.25, -0.2) is 0 Å². The molecule has 0 fully saturated rings. The Morgan fingerprint density at radius 2 is 1.90 bits per heavy atom. The summed E-state index contributed by atoms with van der Waals surface area (Å²) in [6.07, 6.45) is 1.23. The van der Waals surface area contributed by atoms with Crippen molar-refractivity contribution in [3.8, 4) is 5.75 Å². The Kier molecular flexibility index (Phi) is 7.13. The van der Waals surface area contributed by atoms with Crippen molar-refractivity contribution < 1.29 is 19.1 Å². The Balaban J connectivity index is 2.31. The summed E-state index contributed by atoms with van der Waals surface area (Å²) in [7, 11) is 1.36. The number of nitrogens with two attached hydrogens (primary N) is 1. The normalized spacial score (nSPS) is 9.90. The first kappa shape index (κ1) is 16.0. The highest BCUT2D eigenvalue weighted by atomic mass is 16.5. The van der Waals surface area contributed by atoms with Crippen LogP contribution in [0.3, 0.4) is 0 Å². The smallest absolute Gasteiger partial charge is 0.305 e. The minimum Gasteiger partial charge on any atom is -0.494 e. The summed E-state index contributed by atoms with van der Waals surface area (Å²) in [6, 6.07) is 7.03. The van der Waals surface area contributed by atoms with Crippen molar-refractivity contribution in [2.24, 2.45) is 5.73 Å². The van der Waals surface area contributed by atoms with Gasteiger partial charge in [-0.05, 0) is 30.7 Å². The maximum Gasteiger partial charge on any atom is 0.305 e. The lowest BCUT2D eigenvalue weighted by Crippen LogP contribution is -2.16. The predicted octanol–water partition coefficient (Wildman–Crippen LogP) is 1.31. The number of anilines is 1. The lowest BCUT2D eigenvalue weighted by Gasteiger charge is -2.08. The van der Waals surface area contributed by atoms with Gasteiger partial charge in [-0.2, -0.15) is 0 Å². The molecule has 0 aliphatic rings. The molecular formula is C14H20N2O4. The molecule has 3 N–H and O–H groups in total. The molecule has 110 valence electrons. The number of amides is 1. The highest BCUT2D eigenvalue weighted by molar-refractivity contribution is 5.90. The van der Waals surface area contributed by atoms with E-state index in [-0.39, 0.29) is 11.9 Å². The Morgan fingerprint density at radius 1 is 1.20 bits per heavy atom. The molecule has 1 rings (SSSR count). The number of ether oxygens (including phenoxy) is 2. The molecule has 0 atom stereocenters. The van der Waals surface area contributed by atoms with Crippen molar-refractivity contribution in [2.75, 3.05) is 25.6 Å². The molecule has 1 aromatic rings. The van der Waals surface area contributed by atoms with Gasteiger partial charge < -0.3 is 20.5 Å². The molecule has 6 nitrogen and oxygen atoms in total. The molecule has 0 heterocycles. The Morgan fingerprint density at radius 3 is 2.50 bits per heavy atom. The monoisotopic (exact) mass is 280 g/mol. The van der Waals surface area contributed by atoms with Crippen molar-refractivity contribution in [1.29, 1.82) is 0 Å². The van der Waals surface area contributed by atoms with Gasteiger partial charge in [0.1, 0.15) is 5.75 Å². The topological polar surface area (TPSA) is 90.6 Å². The van der Waals surface area contributed by atoms with Crippen LogP contribution in [0.1, 0.15) is 19.3 Å². The van der Waals surface area contributed by atoms with Crippen LogP contribution in [-0.4, -0.2) is 32.1 Å². The van der Waals surface area contributed by atoms with Crippen molar-refractivity contribution >= 4 is 17.6 Å². The Hall–Kier alpha value is -2.08. The third-order valence-corrected chi connectivity index (χ3v) is 2.53. The zero-order valence-electron chi connectivity index (χ0n) is 11.6. The number of nitrogens with one attached hydrogen (secondary N) is 1. The Bertz CT molecular complexity index is 431. The van der Waals surface area contributed by atoms with Crippen molar-refractivity contribution in [1.82, 2.24) is 0 Å². The van der Waals surface area contributed by atoms with Gasteiger partial charge in [0.05, 0.1) is 13.7 Å². The molecule has 0 aromatic heterocycles. The molecule has 1 amide bonds. The number of carbonyl (C=O) groups is 2. The number of esters is 1. The summed E-state index contributed by atoms with van der Waals surface area (Å²) >= 11 is 0. The zero-order valence-corrected chi connectivity index (χ0v) is 11.6. The van der Waals surface area contributed by atoms with Gasteiger partial charge >= 0.3 is 5.97 Å². The van der Waals surface area contributed by atoms with Crippen LogP contribution < -0.4 is 15.8 Å².